The van der Waals surface area contributed by atoms with Crippen LogP contribution >= 0.6 is 0 Å². The van der Waals surface area contributed by atoms with Gasteiger partial charge in [-0.15, -0.1) is 0 Å². The molecule has 0 spiro atoms. The summed E-state index contributed by atoms with van der Waals surface area (Å²) in [5.74, 6) is 0.689. The fourth-order valence-electron chi connectivity index (χ4n) is 10.6. The summed E-state index contributed by atoms with van der Waals surface area (Å²) in [6.45, 7) is 8.50. The number of hydrogen-bond acceptors (Lipinski definition) is 3. The molecule has 0 aliphatic heterocycles. The van der Waals surface area contributed by atoms with Crippen molar-refractivity contribution in [3.63, 3.8) is 0 Å². The van der Waals surface area contributed by atoms with Gasteiger partial charge in [0, 0.05) is 40.0 Å². The molecule has 0 amide bonds. The van der Waals surface area contributed by atoms with E-state index in [1.807, 2.05) is 24.5 Å². The van der Waals surface area contributed by atoms with Crippen LogP contribution in [0.2, 0.25) is 0 Å². The van der Waals surface area contributed by atoms with E-state index in [0.717, 1.165) is 94.1 Å². The van der Waals surface area contributed by atoms with E-state index in [1.54, 1.807) is 0 Å². The first-order valence-corrected chi connectivity index (χ1v) is 22.9. The fraction of sp³-hybridized carbons (Fsp3) is 0.0984. The number of nitrogens with zero attached hydrogens (tertiary/aromatic N) is 4. The Bertz CT molecular complexity index is 3760. The average Bonchev–Trinajstić information content (AvgIpc) is 3.71. The van der Waals surface area contributed by atoms with Crippen molar-refractivity contribution in [2.24, 2.45) is 0 Å². The quantitative estimate of drug-likeness (QED) is 0.153. The predicted molar refractivity (Wildman–Crippen MR) is 276 cm³/mol. The molecular weight excluding hydrogens is 789 g/mol. The second-order valence-electron chi connectivity index (χ2n) is 17.2. The Morgan fingerprint density at radius 3 is 1.92 bits per heavy atom. The summed E-state index contributed by atoms with van der Waals surface area (Å²) >= 11 is 0. The van der Waals surface area contributed by atoms with Crippen molar-refractivity contribution in [1.82, 2.24) is 19.5 Å². The molecule has 0 unspecified atom stereocenters. The van der Waals surface area contributed by atoms with E-state index in [0.29, 0.717) is 5.82 Å². The third-order valence-electron chi connectivity index (χ3n) is 13.5. The van der Waals surface area contributed by atoms with Gasteiger partial charge < -0.3 is 4.57 Å². The van der Waals surface area contributed by atoms with Crippen molar-refractivity contribution in [3.8, 4) is 44.9 Å². The molecule has 12 rings (SSSR count). The van der Waals surface area contributed by atoms with E-state index in [4.69, 9.17) is 9.97 Å². The molecule has 3 aliphatic rings. The molecule has 4 nitrogen and oxygen atoms in total. The van der Waals surface area contributed by atoms with Crippen LogP contribution in [0.1, 0.15) is 55.3 Å². The van der Waals surface area contributed by atoms with Gasteiger partial charge in [0.2, 0.25) is 0 Å². The molecule has 0 N–H and O–H groups in total. The zero-order valence-electron chi connectivity index (χ0n) is 36.3. The third-order valence-corrected chi connectivity index (χ3v) is 13.5. The van der Waals surface area contributed by atoms with Gasteiger partial charge in [-0.25, -0.2) is 9.97 Å². The van der Waals surface area contributed by atoms with Gasteiger partial charge in [-0.3, -0.25) is 4.98 Å². The number of pyridine rings is 1. The van der Waals surface area contributed by atoms with Crippen LogP contribution < -0.4 is 10.4 Å². The highest BCUT2D eigenvalue weighted by molar-refractivity contribution is 6.13. The van der Waals surface area contributed by atoms with E-state index in [1.165, 1.54) is 65.4 Å². The van der Waals surface area contributed by atoms with Crippen molar-refractivity contribution in [2.75, 3.05) is 0 Å². The van der Waals surface area contributed by atoms with Gasteiger partial charge in [-0.2, -0.15) is 0 Å². The number of rotatable bonds is 8. The lowest BCUT2D eigenvalue weighted by Gasteiger charge is -2.19. The zero-order valence-corrected chi connectivity index (χ0v) is 36.3. The Hall–Kier alpha value is -7.95. The minimum atomic E-state index is 0.689. The van der Waals surface area contributed by atoms with Crippen molar-refractivity contribution < 1.29 is 0 Å². The predicted octanol–water partition coefficient (Wildman–Crippen LogP) is 14.5. The first kappa shape index (κ1) is 38.7. The van der Waals surface area contributed by atoms with Gasteiger partial charge in [0.1, 0.15) is 0 Å². The minimum Gasteiger partial charge on any atom is -0.309 e. The molecule has 0 saturated heterocycles. The maximum atomic E-state index is 5.40. The van der Waals surface area contributed by atoms with Crippen LogP contribution in [0.4, 0.5) is 0 Å². The second-order valence-corrected chi connectivity index (χ2v) is 17.2. The van der Waals surface area contributed by atoms with Gasteiger partial charge in [-0.1, -0.05) is 141 Å². The number of hydrogen-bond donors (Lipinski definition) is 0. The number of aromatic nitrogens is 4. The van der Waals surface area contributed by atoms with Gasteiger partial charge in [-0.05, 0) is 152 Å². The first-order chi connectivity index (χ1) is 32.2. The normalized spacial score (nSPS) is 14.5. The number of benzene rings is 6. The molecule has 3 aromatic heterocycles. The van der Waals surface area contributed by atoms with Crippen LogP contribution in [0.3, 0.4) is 0 Å². The van der Waals surface area contributed by atoms with E-state index >= 15 is 0 Å². The lowest BCUT2D eigenvalue weighted by atomic mass is 9.85. The highest BCUT2D eigenvalue weighted by atomic mass is 15.0. The Morgan fingerprint density at radius 2 is 1.18 bits per heavy atom. The standard InChI is InChI=1S/C61H46N4/c1-3-45-46(4-2)52(35-40-20-11-12-25-47(40)45)56-37-55(39-18-7-5-8-19-39)63-61(64-56)43-22-17-21-41(34-43)59-48-26-13-15-28-50(48)60(51-29-16-14-27-49(51)59)42-30-31-57-53(36-42)54-38-62-33-32-58(54)65(57)44-23-9-6-10-24-44/h3-4,7,9,11-13,15,17-38H,1-2,5-6,8,10,14,16H2. The van der Waals surface area contributed by atoms with Gasteiger partial charge >= 0.3 is 0 Å². The van der Waals surface area contributed by atoms with Gasteiger partial charge in [0.05, 0.1) is 22.4 Å². The highest BCUT2D eigenvalue weighted by Gasteiger charge is 2.21. The Labute approximate surface area is 378 Å². The average molecular weight is 835 g/mol. The molecule has 65 heavy (non-hydrogen) atoms. The van der Waals surface area contributed by atoms with Crippen LogP contribution in [0.5, 0.6) is 0 Å². The van der Waals surface area contributed by atoms with Crippen LogP contribution in [-0.4, -0.2) is 19.5 Å². The van der Waals surface area contributed by atoms with Crippen molar-refractivity contribution in [1.29, 1.82) is 0 Å². The summed E-state index contributed by atoms with van der Waals surface area (Å²) in [6.07, 6.45) is 32.5. The summed E-state index contributed by atoms with van der Waals surface area (Å²) in [7, 11) is 0. The minimum absolute atomic E-state index is 0.689. The maximum Gasteiger partial charge on any atom is 0.160 e. The molecule has 0 fully saturated rings. The van der Waals surface area contributed by atoms with E-state index in [9.17, 15) is 0 Å². The van der Waals surface area contributed by atoms with Crippen molar-refractivity contribution in [2.45, 2.75) is 38.5 Å². The van der Waals surface area contributed by atoms with Crippen LogP contribution in [-0.2, 0) is 0 Å². The largest absolute Gasteiger partial charge is 0.309 e. The summed E-state index contributed by atoms with van der Waals surface area (Å²) < 4.78 is 2.40. The molecule has 3 heterocycles. The lowest BCUT2D eigenvalue weighted by molar-refractivity contribution is 1.02. The maximum absolute atomic E-state index is 5.40. The van der Waals surface area contributed by atoms with Crippen molar-refractivity contribution in [3.05, 3.63) is 198 Å². The molecule has 4 heteroatoms. The Kier molecular flexibility index (Phi) is 9.52. The zero-order chi connectivity index (χ0) is 43.4. The molecule has 9 aromatic rings. The van der Waals surface area contributed by atoms with E-state index in [2.05, 4.69) is 181 Å². The van der Waals surface area contributed by atoms with Crippen molar-refractivity contribution >= 4 is 78.9 Å². The Balaban J connectivity index is 1.05. The molecule has 0 bridgehead atoms. The number of allylic oxidation sites excluding steroid dienone is 8. The fourth-order valence-corrected chi connectivity index (χ4v) is 10.6. The molecule has 0 atom stereocenters. The third kappa shape index (κ3) is 6.47. The number of fused-ring (bicyclic) bond motifs is 6. The van der Waals surface area contributed by atoms with Gasteiger partial charge in [0.15, 0.2) is 5.82 Å². The molecule has 6 aromatic carbocycles. The molecular formula is C61H46N4. The molecule has 0 saturated carbocycles. The lowest BCUT2D eigenvalue weighted by Crippen LogP contribution is -2.31. The summed E-state index contributed by atoms with van der Waals surface area (Å²) in [6, 6.07) is 39.9. The highest BCUT2D eigenvalue weighted by Crippen LogP contribution is 2.40. The topological polar surface area (TPSA) is 43.6 Å². The smallest absolute Gasteiger partial charge is 0.160 e. The SMILES string of the molecule is C=Cc1c(-c2cc(C3=CCCC=C3)nc(-c3cccc(-c4c5c(c(-c6ccc7c(c6)c6cnccc6n7C6=CCCC=C6)c6ccccc46)=CCCC=5)c3)n2)cc2ccccc2c1C=C. The molecule has 3 aliphatic carbocycles. The van der Waals surface area contributed by atoms with Crippen LogP contribution in [0.15, 0.2) is 171 Å². The van der Waals surface area contributed by atoms with Crippen LogP contribution in [0.25, 0.3) is 124 Å². The van der Waals surface area contributed by atoms with Gasteiger partial charge in [0.25, 0.3) is 0 Å². The van der Waals surface area contributed by atoms with E-state index in [-0.39, 0.29) is 0 Å². The van der Waals surface area contributed by atoms with Crippen LogP contribution in [0, 0.1) is 0 Å². The first-order valence-electron chi connectivity index (χ1n) is 22.9. The molecule has 0 radical (unpaired) electrons. The summed E-state index contributed by atoms with van der Waals surface area (Å²) in [5, 5.41) is 9.69. The molecule has 310 valence electrons. The summed E-state index contributed by atoms with van der Waals surface area (Å²) in [5.41, 5.74) is 15.4. The second kappa shape index (κ2) is 16.0. The monoisotopic (exact) mass is 834 g/mol. The summed E-state index contributed by atoms with van der Waals surface area (Å²) in [4.78, 5) is 15.3. The van der Waals surface area contributed by atoms with E-state index < -0.39 is 0 Å². The Morgan fingerprint density at radius 1 is 0.508 bits per heavy atom.